The third-order valence-corrected chi connectivity index (χ3v) is 5.10. The van der Waals surface area contributed by atoms with Crippen molar-refractivity contribution in [3.05, 3.63) is 27.2 Å². The Morgan fingerprint density at radius 1 is 1.29 bits per heavy atom. The maximum absolute atomic E-state index is 12.1. The molecule has 2 aromatic heterocycles. The lowest BCUT2D eigenvalue weighted by Gasteiger charge is -2.16. The van der Waals surface area contributed by atoms with E-state index < -0.39 is 0 Å². The molecule has 2 heterocycles. The fourth-order valence-corrected chi connectivity index (χ4v) is 3.36. The second-order valence-corrected chi connectivity index (χ2v) is 8.26. The molecule has 0 aliphatic heterocycles. The van der Waals surface area contributed by atoms with Gasteiger partial charge in [-0.05, 0) is 12.3 Å². The van der Waals surface area contributed by atoms with Crippen molar-refractivity contribution in [3.8, 4) is 0 Å². The standard InChI is InChI=1S/C14H20N4OS2/c1-9-15-6-10(20-9)8-18(5)13(19)17-12-16-7-11(21-12)14(2,3)4/h6-7H,8H2,1-5H3,(H,16,17,19). The predicted molar refractivity (Wildman–Crippen MR) is 88.2 cm³/mol. The largest absolute Gasteiger partial charge is 0.323 e. The number of urea groups is 1. The Hall–Kier alpha value is -1.47. The molecule has 2 rings (SSSR count). The van der Waals surface area contributed by atoms with Crippen LogP contribution in [0, 0.1) is 6.92 Å². The van der Waals surface area contributed by atoms with Gasteiger partial charge in [0.15, 0.2) is 5.13 Å². The third kappa shape index (κ3) is 4.25. The summed E-state index contributed by atoms with van der Waals surface area (Å²) in [7, 11) is 1.77. The number of nitrogens with zero attached hydrogens (tertiary/aromatic N) is 3. The van der Waals surface area contributed by atoms with Crippen LogP contribution in [0.15, 0.2) is 12.4 Å². The number of aryl methyl sites for hydroxylation is 1. The molecule has 0 aliphatic carbocycles. The molecule has 7 heteroatoms. The zero-order chi connectivity index (χ0) is 15.6. The molecular weight excluding hydrogens is 304 g/mol. The van der Waals surface area contributed by atoms with Gasteiger partial charge >= 0.3 is 6.03 Å². The summed E-state index contributed by atoms with van der Waals surface area (Å²) in [5.74, 6) is 0. The summed E-state index contributed by atoms with van der Waals surface area (Å²) in [4.78, 5) is 24.5. The second-order valence-electron chi connectivity index (χ2n) is 5.91. The monoisotopic (exact) mass is 324 g/mol. The van der Waals surface area contributed by atoms with E-state index in [1.54, 1.807) is 23.3 Å². The van der Waals surface area contributed by atoms with Crippen molar-refractivity contribution in [1.29, 1.82) is 0 Å². The van der Waals surface area contributed by atoms with E-state index >= 15 is 0 Å². The molecule has 1 N–H and O–H groups in total. The minimum atomic E-state index is -0.157. The Morgan fingerprint density at radius 3 is 2.52 bits per heavy atom. The van der Waals surface area contributed by atoms with Crippen LogP contribution in [-0.4, -0.2) is 27.9 Å². The molecule has 5 nitrogen and oxygen atoms in total. The first kappa shape index (κ1) is 15.9. The molecule has 0 bridgehead atoms. The van der Waals surface area contributed by atoms with Gasteiger partial charge in [-0.2, -0.15) is 0 Å². The first-order valence-corrected chi connectivity index (χ1v) is 8.29. The molecule has 0 atom stereocenters. The Morgan fingerprint density at radius 2 is 2.00 bits per heavy atom. The van der Waals surface area contributed by atoms with Gasteiger partial charge in [0.2, 0.25) is 0 Å². The van der Waals surface area contributed by atoms with Gasteiger partial charge < -0.3 is 4.90 Å². The fraction of sp³-hybridized carbons (Fsp3) is 0.500. The summed E-state index contributed by atoms with van der Waals surface area (Å²) in [6.45, 7) is 8.89. The van der Waals surface area contributed by atoms with Gasteiger partial charge in [0.1, 0.15) is 0 Å². The smallest absolute Gasteiger partial charge is 0.322 e. The van der Waals surface area contributed by atoms with Crippen LogP contribution in [0.5, 0.6) is 0 Å². The predicted octanol–water partition coefficient (Wildman–Crippen LogP) is 3.87. The van der Waals surface area contributed by atoms with E-state index in [1.165, 1.54) is 11.3 Å². The lowest BCUT2D eigenvalue weighted by Crippen LogP contribution is -2.30. The Bertz CT molecular complexity index is 627. The van der Waals surface area contributed by atoms with Gasteiger partial charge in [0.05, 0.1) is 11.6 Å². The minimum absolute atomic E-state index is 0.0483. The number of nitrogens with one attached hydrogen (secondary N) is 1. The zero-order valence-corrected chi connectivity index (χ0v) is 14.6. The van der Waals surface area contributed by atoms with Crippen molar-refractivity contribution in [3.63, 3.8) is 0 Å². The summed E-state index contributed by atoms with van der Waals surface area (Å²) in [6, 6.07) is -0.157. The van der Waals surface area contributed by atoms with E-state index in [-0.39, 0.29) is 11.4 Å². The molecule has 2 amide bonds. The minimum Gasteiger partial charge on any atom is -0.322 e. The van der Waals surface area contributed by atoms with Crippen LogP contribution in [0.1, 0.15) is 35.5 Å². The van der Waals surface area contributed by atoms with E-state index in [0.717, 1.165) is 14.8 Å². The Balaban J connectivity index is 1.96. The number of aromatic nitrogens is 2. The lowest BCUT2D eigenvalue weighted by atomic mass is 9.96. The highest BCUT2D eigenvalue weighted by atomic mass is 32.1. The van der Waals surface area contributed by atoms with E-state index in [2.05, 4.69) is 36.1 Å². The van der Waals surface area contributed by atoms with E-state index in [9.17, 15) is 4.79 Å². The average molecular weight is 324 g/mol. The Labute approximate surface area is 133 Å². The summed E-state index contributed by atoms with van der Waals surface area (Å²) in [6.07, 6.45) is 3.64. The van der Waals surface area contributed by atoms with E-state index in [1.807, 2.05) is 19.3 Å². The normalized spacial score (nSPS) is 11.5. The van der Waals surface area contributed by atoms with Crippen LogP contribution >= 0.6 is 22.7 Å². The van der Waals surface area contributed by atoms with Crippen molar-refractivity contribution in [2.24, 2.45) is 0 Å². The second kappa shape index (κ2) is 6.11. The summed E-state index contributed by atoms with van der Waals surface area (Å²) >= 11 is 3.12. The molecule has 114 valence electrons. The summed E-state index contributed by atoms with van der Waals surface area (Å²) in [5.41, 5.74) is 0.0483. The highest BCUT2D eigenvalue weighted by Gasteiger charge is 2.19. The molecule has 0 unspecified atom stereocenters. The van der Waals surface area contributed by atoms with Crippen LogP contribution < -0.4 is 5.32 Å². The van der Waals surface area contributed by atoms with E-state index in [0.29, 0.717) is 11.7 Å². The molecule has 21 heavy (non-hydrogen) atoms. The SMILES string of the molecule is Cc1ncc(CN(C)C(=O)Nc2ncc(C(C)(C)C)s2)s1. The van der Waals surface area contributed by atoms with Crippen molar-refractivity contribution in [1.82, 2.24) is 14.9 Å². The number of anilines is 1. The third-order valence-electron chi connectivity index (χ3n) is 2.87. The number of carbonyl (C=O) groups is 1. The van der Waals surface area contributed by atoms with Crippen molar-refractivity contribution in [2.75, 3.05) is 12.4 Å². The van der Waals surface area contributed by atoms with Crippen molar-refractivity contribution < 1.29 is 4.79 Å². The number of hydrogen-bond acceptors (Lipinski definition) is 5. The van der Waals surface area contributed by atoms with Crippen molar-refractivity contribution in [2.45, 2.75) is 39.7 Å². The molecule has 0 aromatic carbocycles. The van der Waals surface area contributed by atoms with Crippen molar-refractivity contribution >= 4 is 33.8 Å². The lowest BCUT2D eigenvalue weighted by molar-refractivity contribution is 0.221. The van der Waals surface area contributed by atoms with Crippen LogP contribution in [-0.2, 0) is 12.0 Å². The fourth-order valence-electron chi connectivity index (χ4n) is 1.65. The Kier molecular flexibility index (Phi) is 4.63. The van der Waals surface area contributed by atoms with Gasteiger partial charge in [-0.3, -0.25) is 5.32 Å². The van der Waals surface area contributed by atoms with Gasteiger partial charge in [-0.15, -0.1) is 22.7 Å². The quantitative estimate of drug-likeness (QED) is 0.932. The average Bonchev–Trinajstić information content (AvgIpc) is 2.98. The van der Waals surface area contributed by atoms with Gasteiger partial charge in [0.25, 0.3) is 0 Å². The van der Waals surface area contributed by atoms with Crippen LogP contribution in [0.4, 0.5) is 9.93 Å². The molecule has 0 fully saturated rings. The molecule has 0 radical (unpaired) electrons. The summed E-state index contributed by atoms with van der Waals surface area (Å²) in [5, 5.41) is 4.48. The van der Waals surface area contributed by atoms with Crippen LogP contribution in [0.25, 0.3) is 0 Å². The van der Waals surface area contributed by atoms with Gasteiger partial charge in [-0.25, -0.2) is 14.8 Å². The van der Waals surface area contributed by atoms with Crippen LogP contribution in [0.2, 0.25) is 0 Å². The summed E-state index contributed by atoms with van der Waals surface area (Å²) < 4.78 is 0. The zero-order valence-electron chi connectivity index (χ0n) is 12.9. The molecule has 0 saturated carbocycles. The number of amides is 2. The first-order chi connectivity index (χ1) is 9.75. The van der Waals surface area contributed by atoms with Gasteiger partial charge in [-0.1, -0.05) is 20.8 Å². The maximum atomic E-state index is 12.1. The number of carbonyl (C=O) groups excluding carboxylic acids is 1. The number of rotatable bonds is 3. The number of hydrogen-bond donors (Lipinski definition) is 1. The van der Waals surface area contributed by atoms with E-state index in [4.69, 9.17) is 0 Å². The molecular formula is C14H20N4OS2. The first-order valence-electron chi connectivity index (χ1n) is 6.65. The maximum Gasteiger partial charge on any atom is 0.323 e. The highest BCUT2D eigenvalue weighted by molar-refractivity contribution is 7.15. The number of thiazole rings is 2. The molecule has 0 saturated heterocycles. The molecule has 0 aliphatic rings. The highest BCUT2D eigenvalue weighted by Crippen LogP contribution is 2.30. The topological polar surface area (TPSA) is 58.1 Å². The van der Waals surface area contributed by atoms with Gasteiger partial charge in [0, 0.05) is 29.2 Å². The molecule has 0 spiro atoms. The van der Waals surface area contributed by atoms with Crippen LogP contribution in [0.3, 0.4) is 0 Å². The molecule has 2 aromatic rings.